The number of rotatable bonds is 6. The number of carboxylic acids is 1. The second-order valence-corrected chi connectivity index (χ2v) is 6.76. The molecule has 21 heavy (non-hydrogen) atoms. The van der Waals surface area contributed by atoms with E-state index in [-0.39, 0.29) is 17.1 Å². The van der Waals surface area contributed by atoms with Gasteiger partial charge in [-0.2, -0.15) is 0 Å². The summed E-state index contributed by atoms with van der Waals surface area (Å²) >= 11 is 1.30. The van der Waals surface area contributed by atoms with Crippen molar-refractivity contribution in [3.8, 4) is 0 Å². The van der Waals surface area contributed by atoms with Gasteiger partial charge in [-0.1, -0.05) is 11.8 Å². The minimum atomic E-state index is -0.703. The fraction of sp³-hybridized carbons (Fsp3) is 0.786. The third kappa shape index (κ3) is 4.91. The molecule has 1 saturated heterocycles. The van der Waals surface area contributed by atoms with Crippen molar-refractivity contribution in [3.05, 3.63) is 0 Å². The molecule has 0 radical (unpaired) electrons. The Hall–Kier alpha value is -1.24. The van der Waals surface area contributed by atoms with Gasteiger partial charge in [0.15, 0.2) is 0 Å². The Bertz CT molecular complexity index is 408. The van der Waals surface area contributed by atoms with Crippen LogP contribution in [0.4, 0.5) is 4.79 Å². The largest absolute Gasteiger partial charge is 0.481 e. The third-order valence-electron chi connectivity index (χ3n) is 4.24. The van der Waals surface area contributed by atoms with Gasteiger partial charge in [0.25, 0.3) is 5.24 Å². The van der Waals surface area contributed by atoms with Crippen LogP contribution >= 0.6 is 11.8 Å². The summed E-state index contributed by atoms with van der Waals surface area (Å²) in [5.41, 5.74) is 0. The van der Waals surface area contributed by atoms with Crippen LogP contribution in [-0.2, 0) is 9.59 Å². The fourth-order valence-corrected chi connectivity index (χ4v) is 3.68. The summed E-state index contributed by atoms with van der Waals surface area (Å²) in [4.78, 5) is 35.7. The van der Waals surface area contributed by atoms with Crippen LogP contribution in [0, 0.1) is 11.8 Å². The number of hydrogen-bond acceptors (Lipinski definition) is 4. The quantitative estimate of drug-likeness (QED) is 0.777. The summed E-state index contributed by atoms with van der Waals surface area (Å²) in [6.45, 7) is 1.84. The van der Waals surface area contributed by atoms with E-state index in [1.807, 2.05) is 0 Å². The van der Waals surface area contributed by atoms with Gasteiger partial charge in [0.05, 0.1) is 5.92 Å². The molecule has 2 aliphatic rings. The number of aliphatic carboxylic acids is 1. The molecule has 0 spiro atoms. The lowest BCUT2D eigenvalue weighted by molar-refractivity contribution is -0.143. The Labute approximate surface area is 128 Å². The van der Waals surface area contributed by atoms with Gasteiger partial charge >= 0.3 is 5.97 Å². The molecule has 2 rings (SSSR count). The van der Waals surface area contributed by atoms with Crippen molar-refractivity contribution in [2.45, 2.75) is 32.1 Å². The van der Waals surface area contributed by atoms with Crippen LogP contribution in [0.5, 0.6) is 0 Å². The summed E-state index contributed by atoms with van der Waals surface area (Å²) in [6, 6.07) is 0. The highest BCUT2D eigenvalue weighted by molar-refractivity contribution is 8.13. The first-order valence-electron chi connectivity index (χ1n) is 7.47. The molecule has 0 bridgehead atoms. The second-order valence-electron chi connectivity index (χ2n) is 5.71. The van der Waals surface area contributed by atoms with E-state index >= 15 is 0 Å². The number of amides is 2. The standard InChI is InChI=1S/C14H22N2O4S/c17-12(5-6-16-7-8-21-14(16)20)15-9-10-1-3-11(4-2-10)13(18)19/h10-11H,1-9H2,(H,15,17)(H,18,19). The van der Waals surface area contributed by atoms with Crippen LogP contribution in [0.1, 0.15) is 32.1 Å². The fourth-order valence-electron chi connectivity index (χ4n) is 2.83. The van der Waals surface area contributed by atoms with Gasteiger partial charge in [0.2, 0.25) is 5.91 Å². The minimum absolute atomic E-state index is 0.0277. The predicted molar refractivity (Wildman–Crippen MR) is 80.1 cm³/mol. The lowest BCUT2D eigenvalue weighted by atomic mass is 9.82. The highest BCUT2D eigenvalue weighted by Crippen LogP contribution is 2.28. The molecule has 0 aromatic carbocycles. The van der Waals surface area contributed by atoms with E-state index in [0.717, 1.165) is 25.1 Å². The van der Waals surface area contributed by atoms with Crippen molar-refractivity contribution in [1.82, 2.24) is 10.2 Å². The Balaban J connectivity index is 1.59. The zero-order valence-corrected chi connectivity index (χ0v) is 12.9. The summed E-state index contributed by atoms with van der Waals surface area (Å²) < 4.78 is 0. The molecule has 0 aromatic rings. The highest BCUT2D eigenvalue weighted by atomic mass is 32.2. The van der Waals surface area contributed by atoms with E-state index in [1.54, 1.807) is 4.90 Å². The van der Waals surface area contributed by atoms with Crippen LogP contribution < -0.4 is 5.32 Å². The summed E-state index contributed by atoms with van der Waals surface area (Å²) in [7, 11) is 0. The molecule has 6 nitrogen and oxygen atoms in total. The van der Waals surface area contributed by atoms with Crippen molar-refractivity contribution < 1.29 is 19.5 Å². The normalized spacial score (nSPS) is 25.9. The molecule has 1 aliphatic heterocycles. The topological polar surface area (TPSA) is 86.7 Å². The number of thioether (sulfide) groups is 1. The Morgan fingerprint density at radius 3 is 2.57 bits per heavy atom. The Kier molecular flexibility index (Phi) is 5.90. The molecule has 0 aromatic heterocycles. The summed E-state index contributed by atoms with van der Waals surface area (Å²) in [5, 5.41) is 11.9. The van der Waals surface area contributed by atoms with Crippen LogP contribution in [0.25, 0.3) is 0 Å². The molecule has 2 fully saturated rings. The van der Waals surface area contributed by atoms with E-state index in [4.69, 9.17) is 5.11 Å². The minimum Gasteiger partial charge on any atom is -0.481 e. The Morgan fingerprint density at radius 2 is 2.00 bits per heavy atom. The number of carboxylic acid groups (broad SMARTS) is 1. The lowest BCUT2D eigenvalue weighted by Crippen LogP contribution is -2.35. The van der Waals surface area contributed by atoms with Crippen LogP contribution in [0.15, 0.2) is 0 Å². The molecule has 1 saturated carbocycles. The molecular formula is C14H22N2O4S. The highest BCUT2D eigenvalue weighted by Gasteiger charge is 2.26. The first-order valence-corrected chi connectivity index (χ1v) is 8.46. The van der Waals surface area contributed by atoms with Crippen LogP contribution in [-0.4, -0.2) is 52.5 Å². The maximum absolute atomic E-state index is 11.8. The SMILES string of the molecule is O=C(CCN1CCSC1=O)NCC1CCC(C(=O)O)CC1. The van der Waals surface area contributed by atoms with Gasteiger partial charge in [-0.25, -0.2) is 0 Å². The molecule has 2 amide bonds. The number of carbonyl (C=O) groups is 3. The summed E-state index contributed by atoms with van der Waals surface area (Å²) in [6.07, 6.45) is 3.47. The average Bonchev–Trinajstić information content (AvgIpc) is 2.88. The number of nitrogens with one attached hydrogen (secondary N) is 1. The molecule has 118 valence electrons. The van der Waals surface area contributed by atoms with Gasteiger partial charge in [0, 0.05) is 31.8 Å². The van der Waals surface area contributed by atoms with E-state index in [9.17, 15) is 14.4 Å². The smallest absolute Gasteiger partial charge is 0.306 e. The first-order chi connectivity index (χ1) is 10.1. The van der Waals surface area contributed by atoms with Crippen molar-refractivity contribution in [1.29, 1.82) is 0 Å². The van der Waals surface area contributed by atoms with Crippen molar-refractivity contribution >= 4 is 28.9 Å². The van der Waals surface area contributed by atoms with Crippen LogP contribution in [0.3, 0.4) is 0 Å². The van der Waals surface area contributed by atoms with Gasteiger partial charge in [-0.05, 0) is 31.6 Å². The van der Waals surface area contributed by atoms with Crippen molar-refractivity contribution in [3.63, 3.8) is 0 Å². The maximum Gasteiger partial charge on any atom is 0.306 e. The van der Waals surface area contributed by atoms with Gasteiger partial charge in [0.1, 0.15) is 0 Å². The molecule has 0 atom stereocenters. The summed E-state index contributed by atoms with van der Waals surface area (Å²) in [5.74, 6) is 0.252. The molecule has 0 unspecified atom stereocenters. The van der Waals surface area contributed by atoms with E-state index in [1.165, 1.54) is 11.8 Å². The van der Waals surface area contributed by atoms with Crippen LogP contribution in [0.2, 0.25) is 0 Å². The molecule has 1 heterocycles. The molecular weight excluding hydrogens is 292 g/mol. The zero-order valence-electron chi connectivity index (χ0n) is 12.0. The predicted octanol–water partition coefficient (Wildman–Crippen LogP) is 1.55. The van der Waals surface area contributed by atoms with E-state index in [0.29, 0.717) is 38.3 Å². The van der Waals surface area contributed by atoms with Gasteiger partial charge in [-0.15, -0.1) is 0 Å². The van der Waals surface area contributed by atoms with Crippen molar-refractivity contribution in [2.75, 3.05) is 25.4 Å². The number of nitrogens with zero attached hydrogens (tertiary/aromatic N) is 1. The molecule has 1 aliphatic carbocycles. The monoisotopic (exact) mass is 314 g/mol. The number of hydrogen-bond donors (Lipinski definition) is 2. The van der Waals surface area contributed by atoms with E-state index < -0.39 is 5.97 Å². The van der Waals surface area contributed by atoms with Gasteiger partial charge in [-0.3, -0.25) is 14.4 Å². The van der Waals surface area contributed by atoms with E-state index in [2.05, 4.69) is 5.32 Å². The maximum atomic E-state index is 11.8. The van der Waals surface area contributed by atoms with Gasteiger partial charge < -0.3 is 15.3 Å². The molecule has 7 heteroatoms. The lowest BCUT2D eigenvalue weighted by Gasteiger charge is -2.26. The first kappa shape index (κ1) is 16.1. The Morgan fingerprint density at radius 1 is 1.29 bits per heavy atom. The third-order valence-corrected chi connectivity index (χ3v) is 5.13. The van der Waals surface area contributed by atoms with Crippen molar-refractivity contribution in [2.24, 2.45) is 11.8 Å². The average molecular weight is 314 g/mol. The zero-order chi connectivity index (χ0) is 15.2. The molecule has 2 N–H and O–H groups in total. The second kappa shape index (κ2) is 7.68. The number of carbonyl (C=O) groups excluding carboxylic acids is 2.